The van der Waals surface area contributed by atoms with Crippen LogP contribution in [0.5, 0.6) is 0 Å². The Morgan fingerprint density at radius 1 is 1.09 bits per heavy atom. The van der Waals surface area contributed by atoms with Crippen LogP contribution in [-0.2, 0) is 14.3 Å². The Balaban J connectivity index is 4.28. The highest BCUT2D eigenvalue weighted by atomic mass is 16.6. The van der Waals surface area contributed by atoms with Crippen LogP contribution in [0.2, 0.25) is 0 Å². The zero-order valence-electron chi connectivity index (χ0n) is 13.8. The molecule has 0 aromatic carbocycles. The molecule has 0 saturated carbocycles. The fourth-order valence-corrected chi connectivity index (χ4v) is 1.21. The molecule has 132 valence electrons. The number of carbonyl (C=O) groups excluding carboxylic acids is 2. The Hall–Kier alpha value is -2.52. The van der Waals surface area contributed by atoms with E-state index in [2.05, 4.69) is 25.7 Å². The predicted molar refractivity (Wildman–Crippen MR) is 82.3 cm³/mol. The van der Waals surface area contributed by atoms with E-state index in [0.717, 1.165) is 0 Å². The fraction of sp³-hybridized carbons (Fsp3) is 0.692. The maximum Gasteiger partial charge on any atom is 0.413 e. The average molecular weight is 332 g/mol. The van der Waals surface area contributed by atoms with E-state index in [1.165, 1.54) is 0 Å². The van der Waals surface area contributed by atoms with Crippen molar-refractivity contribution in [1.29, 1.82) is 0 Å². The van der Waals surface area contributed by atoms with Gasteiger partial charge < -0.3 is 25.2 Å². The number of hydrogen-bond acceptors (Lipinski definition) is 6. The monoisotopic (exact) mass is 332 g/mol. The van der Waals surface area contributed by atoms with Crippen molar-refractivity contribution in [2.24, 2.45) is 4.99 Å². The highest BCUT2D eigenvalue weighted by Gasteiger charge is 2.15. The second-order valence-electron chi connectivity index (χ2n) is 5.26. The minimum atomic E-state index is -1.15. The van der Waals surface area contributed by atoms with Crippen LogP contribution in [0.25, 0.3) is 0 Å². The number of amides is 2. The van der Waals surface area contributed by atoms with Crippen LogP contribution in [-0.4, -0.2) is 61.1 Å². The molecule has 0 unspecified atom stereocenters. The third-order valence-corrected chi connectivity index (χ3v) is 1.95. The van der Waals surface area contributed by atoms with Gasteiger partial charge in [-0.05, 0) is 27.7 Å². The highest BCUT2D eigenvalue weighted by molar-refractivity contribution is 5.94. The minimum Gasteiger partial charge on any atom is -0.480 e. The average Bonchev–Trinajstić information content (AvgIpc) is 2.38. The standard InChI is InChI=1S/C13H24N4O6/c1-5-22-12(21)17-10(16-8-9(18)19)14-6-7-15-11(20)23-13(2,3)4/h5-8H2,1-4H3,(H,15,20)(H,18,19)(H2,14,16,17,21). The van der Waals surface area contributed by atoms with Gasteiger partial charge in [0.2, 0.25) is 5.96 Å². The van der Waals surface area contributed by atoms with E-state index in [1.54, 1.807) is 27.7 Å². The van der Waals surface area contributed by atoms with Crippen molar-refractivity contribution < 1.29 is 29.0 Å². The number of carboxylic acid groups (broad SMARTS) is 1. The summed E-state index contributed by atoms with van der Waals surface area (Å²) in [4.78, 5) is 36.9. The van der Waals surface area contributed by atoms with E-state index < -0.39 is 30.3 Å². The molecule has 4 N–H and O–H groups in total. The van der Waals surface area contributed by atoms with E-state index >= 15 is 0 Å². The summed E-state index contributed by atoms with van der Waals surface area (Å²) in [6, 6.07) is 0. The van der Waals surface area contributed by atoms with Crippen LogP contribution in [0.1, 0.15) is 27.7 Å². The molecule has 0 aliphatic rings. The summed E-state index contributed by atoms with van der Waals surface area (Å²) in [7, 11) is 0. The quantitative estimate of drug-likeness (QED) is 0.311. The summed E-state index contributed by atoms with van der Waals surface area (Å²) in [5.41, 5.74) is -0.600. The number of carbonyl (C=O) groups is 3. The molecule has 0 aliphatic heterocycles. The van der Waals surface area contributed by atoms with Gasteiger partial charge >= 0.3 is 18.2 Å². The van der Waals surface area contributed by atoms with Crippen molar-refractivity contribution >= 4 is 24.1 Å². The molecule has 10 nitrogen and oxygen atoms in total. The second kappa shape index (κ2) is 10.2. The number of nitrogens with one attached hydrogen (secondary N) is 3. The summed E-state index contributed by atoms with van der Waals surface area (Å²) in [5, 5.41) is 16.1. The summed E-state index contributed by atoms with van der Waals surface area (Å²) < 4.78 is 9.72. The molecule has 0 bridgehead atoms. The number of rotatable bonds is 6. The van der Waals surface area contributed by atoms with Gasteiger partial charge in [-0.2, -0.15) is 0 Å². The maximum absolute atomic E-state index is 11.4. The Morgan fingerprint density at radius 3 is 2.22 bits per heavy atom. The van der Waals surface area contributed by atoms with Gasteiger partial charge in [0, 0.05) is 13.1 Å². The molecule has 2 amide bonds. The molecule has 0 aliphatic carbocycles. The normalized spacial score (nSPS) is 11.4. The first-order valence-corrected chi connectivity index (χ1v) is 7.04. The minimum absolute atomic E-state index is 0.0585. The molecular formula is C13H24N4O6. The Morgan fingerprint density at radius 2 is 1.70 bits per heavy atom. The van der Waals surface area contributed by atoms with Gasteiger partial charge in [0.25, 0.3) is 0 Å². The smallest absolute Gasteiger partial charge is 0.413 e. The molecule has 0 spiro atoms. The Kier molecular flexibility index (Phi) is 9.12. The second-order valence-corrected chi connectivity index (χ2v) is 5.26. The van der Waals surface area contributed by atoms with Crippen LogP contribution >= 0.6 is 0 Å². The largest absolute Gasteiger partial charge is 0.480 e. The molecule has 0 rings (SSSR count). The van der Waals surface area contributed by atoms with E-state index in [0.29, 0.717) is 0 Å². The van der Waals surface area contributed by atoms with Crippen molar-refractivity contribution in [1.82, 2.24) is 16.0 Å². The van der Waals surface area contributed by atoms with Crippen LogP contribution < -0.4 is 16.0 Å². The third-order valence-electron chi connectivity index (χ3n) is 1.95. The summed E-state index contributed by atoms with van der Waals surface area (Å²) in [6.07, 6.45) is -1.34. The van der Waals surface area contributed by atoms with Gasteiger partial charge in [-0.1, -0.05) is 0 Å². The fourth-order valence-electron chi connectivity index (χ4n) is 1.21. The molecule has 0 heterocycles. The van der Waals surface area contributed by atoms with Crippen LogP contribution in [0.4, 0.5) is 9.59 Å². The highest BCUT2D eigenvalue weighted by Crippen LogP contribution is 2.05. The maximum atomic E-state index is 11.4. The molecule has 0 aromatic heterocycles. The number of hydrogen-bond donors (Lipinski definition) is 4. The summed E-state index contributed by atoms with van der Waals surface area (Å²) in [6.45, 7) is 6.88. The first-order valence-electron chi connectivity index (χ1n) is 7.04. The SMILES string of the molecule is CCOC(=O)NC(=NCC(=O)O)NCCNC(=O)OC(C)(C)C. The van der Waals surface area contributed by atoms with Crippen LogP contribution in [0.3, 0.4) is 0 Å². The van der Waals surface area contributed by atoms with Crippen molar-refractivity contribution in [2.75, 3.05) is 26.2 Å². The van der Waals surface area contributed by atoms with Gasteiger partial charge in [-0.25, -0.2) is 14.6 Å². The number of ether oxygens (including phenoxy) is 2. The zero-order valence-corrected chi connectivity index (χ0v) is 13.8. The van der Waals surface area contributed by atoms with Crippen molar-refractivity contribution in [3.63, 3.8) is 0 Å². The number of carboxylic acids is 1. The van der Waals surface area contributed by atoms with Crippen LogP contribution in [0.15, 0.2) is 4.99 Å². The Bertz CT molecular complexity index is 444. The van der Waals surface area contributed by atoms with Gasteiger partial charge in [0.1, 0.15) is 12.1 Å². The molecule has 0 radical (unpaired) electrons. The molecule has 0 fully saturated rings. The van der Waals surface area contributed by atoms with Gasteiger partial charge in [-0.3, -0.25) is 10.1 Å². The molecule has 0 aromatic rings. The van der Waals surface area contributed by atoms with Gasteiger partial charge in [0.05, 0.1) is 6.61 Å². The number of aliphatic carboxylic acids is 1. The lowest BCUT2D eigenvalue weighted by atomic mass is 10.2. The molecule has 0 saturated heterocycles. The third kappa shape index (κ3) is 12.9. The van der Waals surface area contributed by atoms with Crippen molar-refractivity contribution in [2.45, 2.75) is 33.3 Å². The Labute approximate surface area is 134 Å². The topological polar surface area (TPSA) is 138 Å². The molecule has 23 heavy (non-hydrogen) atoms. The summed E-state index contributed by atoms with van der Waals surface area (Å²) >= 11 is 0. The van der Waals surface area contributed by atoms with Gasteiger partial charge in [0.15, 0.2) is 0 Å². The van der Waals surface area contributed by atoms with Crippen molar-refractivity contribution in [3.8, 4) is 0 Å². The lowest BCUT2D eigenvalue weighted by Gasteiger charge is -2.19. The first-order chi connectivity index (χ1) is 10.6. The molecule has 10 heteroatoms. The molecule has 0 atom stereocenters. The van der Waals surface area contributed by atoms with Crippen molar-refractivity contribution in [3.05, 3.63) is 0 Å². The predicted octanol–water partition coefficient (Wildman–Crippen LogP) is 0.287. The van der Waals surface area contributed by atoms with E-state index in [-0.39, 0.29) is 25.7 Å². The lowest BCUT2D eigenvalue weighted by molar-refractivity contribution is -0.135. The zero-order chi connectivity index (χ0) is 17.9. The van der Waals surface area contributed by atoms with E-state index in [9.17, 15) is 14.4 Å². The van der Waals surface area contributed by atoms with Crippen LogP contribution in [0, 0.1) is 0 Å². The first kappa shape index (κ1) is 20.5. The lowest BCUT2D eigenvalue weighted by Crippen LogP contribution is -2.45. The number of aliphatic imine (C=N–C) groups is 1. The number of guanidine groups is 1. The molecular weight excluding hydrogens is 308 g/mol. The summed E-state index contributed by atoms with van der Waals surface area (Å²) in [5.74, 6) is -1.21. The number of alkyl carbamates (subject to hydrolysis) is 2. The van der Waals surface area contributed by atoms with E-state index in [4.69, 9.17) is 9.84 Å². The van der Waals surface area contributed by atoms with Gasteiger partial charge in [-0.15, -0.1) is 0 Å². The van der Waals surface area contributed by atoms with E-state index in [1.807, 2.05) is 0 Å². The number of nitrogens with zero attached hydrogens (tertiary/aromatic N) is 1.